The van der Waals surface area contributed by atoms with Gasteiger partial charge in [0.25, 0.3) is 0 Å². The molecule has 3 nitrogen and oxygen atoms in total. The minimum absolute atomic E-state index is 0.0420. The summed E-state index contributed by atoms with van der Waals surface area (Å²) in [6.45, 7) is 4.31. The van der Waals surface area contributed by atoms with Crippen LogP contribution in [0.1, 0.15) is 30.9 Å². The largest absolute Gasteiger partial charge is 0.462 e. The van der Waals surface area contributed by atoms with Gasteiger partial charge < -0.3 is 4.74 Å². The Labute approximate surface area is 108 Å². The molecule has 0 aliphatic heterocycles. The molecule has 0 spiro atoms. The zero-order valence-electron chi connectivity index (χ0n) is 10.8. The van der Waals surface area contributed by atoms with Crippen molar-refractivity contribution in [2.75, 3.05) is 6.61 Å². The summed E-state index contributed by atoms with van der Waals surface area (Å²) in [5, 5.41) is 8.99. The third-order valence-electron chi connectivity index (χ3n) is 2.56. The number of unbranched alkanes of at least 4 members (excludes halogenated alkanes) is 1. The number of benzene rings is 1. The van der Waals surface area contributed by atoms with E-state index in [4.69, 9.17) is 10.00 Å². The predicted molar refractivity (Wildman–Crippen MR) is 70.6 cm³/mol. The molecule has 0 amide bonds. The van der Waals surface area contributed by atoms with E-state index in [1.165, 1.54) is 0 Å². The van der Waals surface area contributed by atoms with Gasteiger partial charge in [-0.3, -0.25) is 0 Å². The molecule has 0 unspecified atom stereocenters. The Bertz CT molecular complexity index is 484. The molecule has 0 N–H and O–H groups in total. The van der Waals surface area contributed by atoms with E-state index in [1.807, 2.05) is 44.2 Å². The van der Waals surface area contributed by atoms with Crippen LogP contribution in [0.25, 0.3) is 6.08 Å². The van der Waals surface area contributed by atoms with E-state index in [0.717, 1.165) is 24.0 Å². The average Bonchev–Trinajstić information content (AvgIpc) is 2.38. The third-order valence-corrected chi connectivity index (χ3v) is 2.56. The number of carbonyl (C=O) groups is 1. The predicted octanol–water partition coefficient (Wildman–Crippen LogP) is 3.25. The Balaban J connectivity index is 2.81. The lowest BCUT2D eigenvalue weighted by molar-refractivity contribution is -0.138. The van der Waals surface area contributed by atoms with Gasteiger partial charge in [-0.15, -0.1) is 0 Å². The number of aryl methyl sites for hydroxylation is 1. The van der Waals surface area contributed by atoms with Crippen molar-refractivity contribution in [2.24, 2.45) is 0 Å². The van der Waals surface area contributed by atoms with Crippen LogP contribution in [-0.2, 0) is 9.53 Å². The lowest BCUT2D eigenvalue weighted by Gasteiger charge is -2.03. The summed E-state index contributed by atoms with van der Waals surface area (Å²) in [4.78, 5) is 11.7. The number of carbonyl (C=O) groups excluding carboxylic acids is 1. The lowest BCUT2D eigenvalue weighted by atomic mass is 10.1. The number of nitrogens with zero attached hydrogens (tertiary/aromatic N) is 1. The summed E-state index contributed by atoms with van der Waals surface area (Å²) < 4.78 is 5.02. The summed E-state index contributed by atoms with van der Waals surface area (Å²) >= 11 is 0. The Kier molecular flexibility index (Phi) is 5.66. The van der Waals surface area contributed by atoms with Gasteiger partial charge in [-0.2, -0.15) is 5.26 Å². The van der Waals surface area contributed by atoms with E-state index in [2.05, 4.69) is 0 Å². The highest BCUT2D eigenvalue weighted by molar-refractivity contribution is 5.98. The van der Waals surface area contributed by atoms with Crippen molar-refractivity contribution in [2.45, 2.75) is 26.7 Å². The minimum Gasteiger partial charge on any atom is -0.462 e. The van der Waals surface area contributed by atoms with E-state index in [1.54, 1.807) is 6.08 Å². The second-order valence-corrected chi connectivity index (χ2v) is 4.02. The molecule has 1 aromatic rings. The van der Waals surface area contributed by atoms with Crippen LogP contribution in [0.3, 0.4) is 0 Å². The maximum absolute atomic E-state index is 11.7. The van der Waals surface area contributed by atoms with Gasteiger partial charge in [-0.05, 0) is 30.5 Å². The van der Waals surface area contributed by atoms with Gasteiger partial charge in [-0.25, -0.2) is 4.79 Å². The normalized spacial score (nSPS) is 10.8. The van der Waals surface area contributed by atoms with E-state index in [0.29, 0.717) is 6.61 Å². The van der Waals surface area contributed by atoms with Crippen molar-refractivity contribution in [1.82, 2.24) is 0 Å². The molecular formula is C15H17NO2. The molecule has 0 aromatic heterocycles. The van der Waals surface area contributed by atoms with Gasteiger partial charge in [-0.1, -0.05) is 37.6 Å². The Morgan fingerprint density at radius 2 is 2.17 bits per heavy atom. The van der Waals surface area contributed by atoms with Crippen LogP contribution < -0.4 is 0 Å². The van der Waals surface area contributed by atoms with Gasteiger partial charge in [0.1, 0.15) is 11.6 Å². The number of ether oxygens (including phenoxy) is 1. The minimum atomic E-state index is -0.547. The van der Waals surface area contributed by atoms with Crippen LogP contribution in [0, 0.1) is 18.3 Å². The molecule has 1 aromatic carbocycles. The van der Waals surface area contributed by atoms with Crippen molar-refractivity contribution >= 4 is 12.0 Å². The number of rotatable bonds is 5. The van der Waals surface area contributed by atoms with Crippen molar-refractivity contribution in [3.05, 3.63) is 41.0 Å². The second kappa shape index (κ2) is 7.29. The highest BCUT2D eigenvalue weighted by Gasteiger charge is 2.10. The first-order chi connectivity index (χ1) is 8.69. The van der Waals surface area contributed by atoms with Crippen LogP contribution in [0.2, 0.25) is 0 Å². The first-order valence-corrected chi connectivity index (χ1v) is 6.03. The number of hydrogen-bond acceptors (Lipinski definition) is 3. The van der Waals surface area contributed by atoms with Gasteiger partial charge in [0.2, 0.25) is 0 Å². The monoisotopic (exact) mass is 243 g/mol. The van der Waals surface area contributed by atoms with Crippen LogP contribution in [0.5, 0.6) is 0 Å². The van der Waals surface area contributed by atoms with Crippen molar-refractivity contribution in [3.63, 3.8) is 0 Å². The van der Waals surface area contributed by atoms with Crippen molar-refractivity contribution in [1.29, 1.82) is 5.26 Å². The van der Waals surface area contributed by atoms with Crippen LogP contribution in [0.4, 0.5) is 0 Å². The second-order valence-electron chi connectivity index (χ2n) is 4.02. The smallest absolute Gasteiger partial charge is 0.348 e. The molecule has 0 saturated heterocycles. The first kappa shape index (κ1) is 14.0. The van der Waals surface area contributed by atoms with Crippen LogP contribution in [-0.4, -0.2) is 12.6 Å². The van der Waals surface area contributed by atoms with Gasteiger partial charge >= 0.3 is 5.97 Å². The summed E-state index contributed by atoms with van der Waals surface area (Å²) in [5.74, 6) is -0.547. The fourth-order valence-electron chi connectivity index (χ4n) is 1.43. The molecule has 0 saturated carbocycles. The maximum Gasteiger partial charge on any atom is 0.348 e. The molecule has 0 radical (unpaired) electrons. The van der Waals surface area contributed by atoms with E-state index >= 15 is 0 Å². The molecule has 0 bridgehead atoms. The Hall–Kier alpha value is -2.08. The van der Waals surface area contributed by atoms with Gasteiger partial charge in [0, 0.05) is 0 Å². The molecular weight excluding hydrogens is 226 g/mol. The fraction of sp³-hybridized carbons (Fsp3) is 0.333. The molecule has 1 rings (SSSR count). The summed E-state index contributed by atoms with van der Waals surface area (Å²) in [5.41, 5.74) is 1.92. The van der Waals surface area contributed by atoms with Crippen LogP contribution in [0.15, 0.2) is 29.8 Å². The summed E-state index contributed by atoms with van der Waals surface area (Å²) in [7, 11) is 0. The molecule has 94 valence electrons. The number of hydrogen-bond donors (Lipinski definition) is 0. The average molecular weight is 243 g/mol. The SMILES string of the molecule is CCCCOC(=O)/C(C#N)=C/c1ccccc1C. The van der Waals surface area contributed by atoms with E-state index in [-0.39, 0.29) is 5.57 Å². The highest BCUT2D eigenvalue weighted by atomic mass is 16.5. The van der Waals surface area contributed by atoms with Crippen molar-refractivity contribution < 1.29 is 9.53 Å². The van der Waals surface area contributed by atoms with Crippen molar-refractivity contribution in [3.8, 4) is 6.07 Å². The molecule has 0 aliphatic rings. The molecule has 18 heavy (non-hydrogen) atoms. The third kappa shape index (κ3) is 4.06. The lowest BCUT2D eigenvalue weighted by Crippen LogP contribution is -2.07. The van der Waals surface area contributed by atoms with E-state index < -0.39 is 5.97 Å². The summed E-state index contributed by atoms with van der Waals surface area (Å²) in [6.07, 6.45) is 3.34. The van der Waals surface area contributed by atoms with Crippen LogP contribution >= 0.6 is 0 Å². The maximum atomic E-state index is 11.7. The Morgan fingerprint density at radius 1 is 1.44 bits per heavy atom. The molecule has 0 fully saturated rings. The van der Waals surface area contributed by atoms with Gasteiger partial charge in [0.15, 0.2) is 0 Å². The topological polar surface area (TPSA) is 50.1 Å². The zero-order chi connectivity index (χ0) is 13.4. The quantitative estimate of drug-likeness (QED) is 0.345. The van der Waals surface area contributed by atoms with Gasteiger partial charge in [0.05, 0.1) is 6.61 Å². The molecule has 0 heterocycles. The first-order valence-electron chi connectivity index (χ1n) is 6.03. The highest BCUT2D eigenvalue weighted by Crippen LogP contribution is 2.12. The zero-order valence-corrected chi connectivity index (χ0v) is 10.8. The summed E-state index contributed by atoms with van der Waals surface area (Å²) in [6, 6.07) is 9.48. The standard InChI is InChI=1S/C15H17NO2/c1-3-4-9-18-15(17)14(11-16)10-13-8-6-5-7-12(13)2/h5-8,10H,3-4,9H2,1-2H3/b14-10+. The fourth-order valence-corrected chi connectivity index (χ4v) is 1.43. The number of esters is 1. The molecule has 3 heteroatoms. The molecule has 0 atom stereocenters. The number of nitriles is 1. The Morgan fingerprint density at radius 3 is 2.78 bits per heavy atom. The van der Waals surface area contributed by atoms with E-state index in [9.17, 15) is 4.79 Å². The molecule has 0 aliphatic carbocycles.